The molecule has 0 amide bonds. The number of rotatable bonds is 3. The summed E-state index contributed by atoms with van der Waals surface area (Å²) < 4.78 is 28.8. The van der Waals surface area contributed by atoms with Crippen molar-refractivity contribution in [3.05, 3.63) is 52.9 Å². The first-order chi connectivity index (χ1) is 10.1. The third-order valence-electron chi connectivity index (χ3n) is 4.26. The predicted molar refractivity (Wildman–Crippen MR) is 76.8 cm³/mol. The Bertz CT molecular complexity index is 651. The van der Waals surface area contributed by atoms with Crippen LogP contribution in [-0.2, 0) is 13.5 Å². The summed E-state index contributed by atoms with van der Waals surface area (Å²) in [7, 11) is 1.95. The number of nitrogens with zero attached hydrogens (tertiary/aromatic N) is 2. The minimum atomic E-state index is -0.546. The summed E-state index contributed by atoms with van der Waals surface area (Å²) in [6, 6.07) is 3.73. The van der Waals surface area contributed by atoms with Crippen LogP contribution in [0, 0.1) is 11.6 Å². The molecule has 5 heteroatoms. The van der Waals surface area contributed by atoms with E-state index in [9.17, 15) is 8.78 Å². The third kappa shape index (κ3) is 2.70. The molecular formula is C16H19F2N3. The number of aromatic nitrogens is 2. The Balaban J connectivity index is 1.81. The van der Waals surface area contributed by atoms with Crippen LogP contribution in [-0.4, -0.2) is 9.78 Å². The molecule has 0 aliphatic heterocycles. The number of halogens is 2. The highest BCUT2D eigenvalue weighted by molar-refractivity contribution is 5.27. The molecule has 2 aromatic rings. The van der Waals surface area contributed by atoms with Gasteiger partial charge in [-0.15, -0.1) is 0 Å². The topological polar surface area (TPSA) is 29.9 Å². The first-order valence-electron chi connectivity index (χ1n) is 7.28. The van der Waals surface area contributed by atoms with Crippen LogP contribution in [0.15, 0.2) is 24.4 Å². The van der Waals surface area contributed by atoms with Gasteiger partial charge in [-0.2, -0.15) is 5.10 Å². The Morgan fingerprint density at radius 1 is 1.38 bits per heavy atom. The molecule has 0 radical (unpaired) electrons. The summed E-state index contributed by atoms with van der Waals surface area (Å²) in [5, 5.41) is 7.76. The van der Waals surface area contributed by atoms with Gasteiger partial charge in [-0.05, 0) is 32.3 Å². The highest BCUT2D eigenvalue weighted by Gasteiger charge is 2.25. The SMILES string of the molecule is CC(NC1CCCc2c1cnn2C)c1ccc(F)cc1F. The van der Waals surface area contributed by atoms with Crippen LogP contribution in [0.4, 0.5) is 8.78 Å². The van der Waals surface area contributed by atoms with Crippen LogP contribution >= 0.6 is 0 Å². The Morgan fingerprint density at radius 2 is 2.19 bits per heavy atom. The fourth-order valence-corrected chi connectivity index (χ4v) is 3.12. The average molecular weight is 291 g/mol. The van der Waals surface area contributed by atoms with Crippen molar-refractivity contribution in [1.29, 1.82) is 0 Å². The van der Waals surface area contributed by atoms with Crippen molar-refractivity contribution in [2.24, 2.45) is 7.05 Å². The maximum atomic E-state index is 13.9. The molecule has 1 heterocycles. The number of fused-ring (bicyclic) bond motifs is 1. The van der Waals surface area contributed by atoms with E-state index in [1.165, 1.54) is 23.4 Å². The maximum absolute atomic E-state index is 13.9. The Kier molecular flexibility index (Phi) is 3.76. The van der Waals surface area contributed by atoms with Gasteiger partial charge < -0.3 is 5.32 Å². The molecule has 2 unspecified atom stereocenters. The molecule has 2 atom stereocenters. The summed E-state index contributed by atoms with van der Waals surface area (Å²) in [6.07, 6.45) is 5.01. The molecule has 1 aromatic carbocycles. The quantitative estimate of drug-likeness (QED) is 0.939. The zero-order chi connectivity index (χ0) is 15.0. The summed E-state index contributed by atoms with van der Waals surface area (Å²) in [5.74, 6) is -1.05. The molecule has 112 valence electrons. The van der Waals surface area contributed by atoms with Crippen LogP contribution in [0.25, 0.3) is 0 Å². The molecule has 1 aliphatic rings. The lowest BCUT2D eigenvalue weighted by Gasteiger charge is -2.27. The van der Waals surface area contributed by atoms with E-state index >= 15 is 0 Å². The smallest absolute Gasteiger partial charge is 0.130 e. The molecule has 21 heavy (non-hydrogen) atoms. The highest BCUT2D eigenvalue weighted by atomic mass is 19.1. The van der Waals surface area contributed by atoms with Crippen molar-refractivity contribution in [3.63, 3.8) is 0 Å². The van der Waals surface area contributed by atoms with Gasteiger partial charge in [0.05, 0.1) is 6.20 Å². The van der Waals surface area contributed by atoms with E-state index in [0.717, 1.165) is 25.3 Å². The van der Waals surface area contributed by atoms with Crippen LogP contribution < -0.4 is 5.32 Å². The predicted octanol–water partition coefficient (Wildman–Crippen LogP) is 3.43. The van der Waals surface area contributed by atoms with Crippen molar-refractivity contribution in [2.45, 2.75) is 38.3 Å². The lowest BCUT2D eigenvalue weighted by Crippen LogP contribution is -2.28. The number of nitrogens with one attached hydrogen (secondary N) is 1. The maximum Gasteiger partial charge on any atom is 0.130 e. The van der Waals surface area contributed by atoms with Gasteiger partial charge in [0.25, 0.3) is 0 Å². The number of aryl methyl sites for hydroxylation is 1. The van der Waals surface area contributed by atoms with Crippen LogP contribution in [0.1, 0.15) is 48.7 Å². The van der Waals surface area contributed by atoms with Gasteiger partial charge in [0, 0.05) is 42.0 Å². The molecule has 1 aromatic heterocycles. The van der Waals surface area contributed by atoms with Crippen molar-refractivity contribution in [2.75, 3.05) is 0 Å². The molecule has 3 rings (SSSR count). The lowest BCUT2D eigenvalue weighted by atomic mass is 9.92. The van der Waals surface area contributed by atoms with Gasteiger partial charge in [-0.25, -0.2) is 8.78 Å². The summed E-state index contributed by atoms with van der Waals surface area (Å²) in [5.41, 5.74) is 2.93. The monoisotopic (exact) mass is 291 g/mol. The van der Waals surface area contributed by atoms with Crippen LogP contribution in [0.3, 0.4) is 0 Å². The van der Waals surface area contributed by atoms with E-state index in [4.69, 9.17) is 0 Å². The Labute approximate surface area is 123 Å². The normalized spacial score (nSPS) is 19.3. The fraction of sp³-hybridized carbons (Fsp3) is 0.438. The molecule has 0 fully saturated rings. The van der Waals surface area contributed by atoms with Gasteiger partial charge in [0.15, 0.2) is 0 Å². The second-order valence-corrected chi connectivity index (χ2v) is 5.67. The molecule has 1 N–H and O–H groups in total. The number of benzene rings is 1. The van der Waals surface area contributed by atoms with Gasteiger partial charge >= 0.3 is 0 Å². The molecule has 1 aliphatic carbocycles. The molecule has 0 saturated carbocycles. The van der Waals surface area contributed by atoms with Crippen molar-refractivity contribution < 1.29 is 8.78 Å². The van der Waals surface area contributed by atoms with Crippen LogP contribution in [0.5, 0.6) is 0 Å². The van der Waals surface area contributed by atoms with E-state index in [1.807, 2.05) is 24.9 Å². The van der Waals surface area contributed by atoms with Crippen molar-refractivity contribution >= 4 is 0 Å². The van der Waals surface area contributed by atoms with Crippen LogP contribution in [0.2, 0.25) is 0 Å². The Morgan fingerprint density at radius 3 is 2.95 bits per heavy atom. The van der Waals surface area contributed by atoms with Crippen molar-refractivity contribution in [1.82, 2.24) is 15.1 Å². The van der Waals surface area contributed by atoms with E-state index in [1.54, 1.807) is 0 Å². The second-order valence-electron chi connectivity index (χ2n) is 5.67. The van der Waals surface area contributed by atoms with E-state index in [0.29, 0.717) is 5.56 Å². The molecule has 0 saturated heterocycles. The zero-order valence-electron chi connectivity index (χ0n) is 12.2. The zero-order valence-corrected chi connectivity index (χ0v) is 12.2. The summed E-state index contributed by atoms with van der Waals surface area (Å²) in [4.78, 5) is 0. The minimum Gasteiger partial charge on any atom is -0.303 e. The molecular weight excluding hydrogens is 272 g/mol. The van der Waals surface area contributed by atoms with Gasteiger partial charge in [0.1, 0.15) is 11.6 Å². The fourth-order valence-electron chi connectivity index (χ4n) is 3.12. The standard InChI is InChI=1S/C16H19F2N3/c1-10(12-7-6-11(17)8-14(12)18)20-15-4-3-5-16-13(15)9-19-21(16)2/h6-10,15,20H,3-5H2,1-2H3. The first-order valence-corrected chi connectivity index (χ1v) is 7.28. The number of hydrogen-bond acceptors (Lipinski definition) is 2. The summed E-state index contributed by atoms with van der Waals surface area (Å²) >= 11 is 0. The second kappa shape index (κ2) is 5.56. The van der Waals surface area contributed by atoms with E-state index in [-0.39, 0.29) is 12.1 Å². The highest BCUT2D eigenvalue weighted by Crippen LogP contribution is 2.31. The van der Waals surface area contributed by atoms with E-state index < -0.39 is 11.6 Å². The Hall–Kier alpha value is -1.75. The first kappa shape index (κ1) is 14.2. The van der Waals surface area contributed by atoms with Gasteiger partial charge in [0.2, 0.25) is 0 Å². The molecule has 0 bridgehead atoms. The molecule has 3 nitrogen and oxygen atoms in total. The minimum absolute atomic E-state index is 0.168. The third-order valence-corrected chi connectivity index (χ3v) is 4.26. The molecule has 0 spiro atoms. The largest absolute Gasteiger partial charge is 0.303 e. The van der Waals surface area contributed by atoms with Gasteiger partial charge in [-0.1, -0.05) is 6.07 Å². The summed E-state index contributed by atoms with van der Waals surface area (Å²) in [6.45, 7) is 1.90. The van der Waals surface area contributed by atoms with Crippen molar-refractivity contribution in [3.8, 4) is 0 Å². The lowest BCUT2D eigenvalue weighted by molar-refractivity contribution is 0.402. The average Bonchev–Trinajstić information content (AvgIpc) is 2.81. The van der Waals surface area contributed by atoms with E-state index in [2.05, 4.69) is 10.4 Å². The van der Waals surface area contributed by atoms with Gasteiger partial charge in [-0.3, -0.25) is 4.68 Å². The number of hydrogen-bond donors (Lipinski definition) is 1.